The highest BCUT2D eigenvalue weighted by atomic mass is 16.6. The van der Waals surface area contributed by atoms with E-state index in [1.807, 2.05) is 18.2 Å². The number of nitrogens with one attached hydrogen (secondary N) is 1. The van der Waals surface area contributed by atoms with Gasteiger partial charge in [0.2, 0.25) is 11.8 Å². The fourth-order valence-electron chi connectivity index (χ4n) is 2.60. The summed E-state index contributed by atoms with van der Waals surface area (Å²) in [6.07, 6.45) is -0.501. The molecule has 1 aromatic carbocycles. The van der Waals surface area contributed by atoms with Gasteiger partial charge in [0.1, 0.15) is 24.8 Å². The number of hydrogen-bond acceptors (Lipinski definition) is 6. The lowest BCUT2D eigenvalue weighted by atomic mass is 10.1. The van der Waals surface area contributed by atoms with E-state index in [0.717, 1.165) is 10.5 Å². The molecule has 0 aromatic heterocycles. The summed E-state index contributed by atoms with van der Waals surface area (Å²) in [5, 5.41) is 2.30. The van der Waals surface area contributed by atoms with Crippen LogP contribution in [0.15, 0.2) is 30.3 Å². The van der Waals surface area contributed by atoms with E-state index in [0.29, 0.717) is 0 Å². The standard InChI is InChI=1S/C19H24N2O6/c1-19(2,3)27-17(24)14-9-10-15(22)21(14)16(23)11-20-18(25)26-12-13-7-5-4-6-8-13/h4-8,14H,9-12H2,1-3H3,(H,20,25). The molecule has 1 atom stereocenters. The second-order valence-corrected chi connectivity index (χ2v) is 7.16. The van der Waals surface area contributed by atoms with Crippen molar-refractivity contribution in [2.24, 2.45) is 0 Å². The Bertz CT molecular complexity index is 711. The minimum Gasteiger partial charge on any atom is -0.458 e. The van der Waals surface area contributed by atoms with Crippen LogP contribution < -0.4 is 5.32 Å². The lowest BCUT2D eigenvalue weighted by molar-refractivity contribution is -0.165. The van der Waals surface area contributed by atoms with Gasteiger partial charge in [-0.05, 0) is 32.8 Å². The average molecular weight is 376 g/mol. The third-order valence-electron chi connectivity index (χ3n) is 3.76. The maximum Gasteiger partial charge on any atom is 0.407 e. The molecule has 0 spiro atoms. The number of benzene rings is 1. The van der Waals surface area contributed by atoms with Gasteiger partial charge in [-0.2, -0.15) is 0 Å². The maximum absolute atomic E-state index is 12.3. The molecule has 3 amide bonds. The molecule has 8 heteroatoms. The van der Waals surface area contributed by atoms with Gasteiger partial charge in [0.25, 0.3) is 0 Å². The Morgan fingerprint density at radius 2 is 1.85 bits per heavy atom. The second-order valence-electron chi connectivity index (χ2n) is 7.16. The van der Waals surface area contributed by atoms with Crippen LogP contribution in [0.3, 0.4) is 0 Å². The normalized spacial score (nSPS) is 16.8. The summed E-state index contributed by atoms with van der Waals surface area (Å²) in [6.45, 7) is 4.73. The lowest BCUT2D eigenvalue weighted by Gasteiger charge is -2.26. The summed E-state index contributed by atoms with van der Waals surface area (Å²) < 4.78 is 10.3. The van der Waals surface area contributed by atoms with Gasteiger partial charge in [0, 0.05) is 6.42 Å². The van der Waals surface area contributed by atoms with E-state index >= 15 is 0 Å². The molecule has 1 aliphatic heterocycles. The number of nitrogens with zero attached hydrogens (tertiary/aromatic N) is 1. The Labute approximate surface area is 157 Å². The van der Waals surface area contributed by atoms with Gasteiger partial charge in [0.05, 0.1) is 0 Å². The van der Waals surface area contributed by atoms with E-state index in [9.17, 15) is 19.2 Å². The molecule has 146 valence electrons. The van der Waals surface area contributed by atoms with Crippen molar-refractivity contribution in [1.82, 2.24) is 10.2 Å². The van der Waals surface area contributed by atoms with Crippen LogP contribution in [0, 0.1) is 0 Å². The van der Waals surface area contributed by atoms with Crippen LogP contribution in [0.5, 0.6) is 0 Å². The lowest BCUT2D eigenvalue weighted by Crippen LogP contribution is -2.49. The average Bonchev–Trinajstić information content (AvgIpc) is 2.99. The molecule has 1 aromatic rings. The number of hydrogen-bond donors (Lipinski definition) is 1. The van der Waals surface area contributed by atoms with E-state index in [1.165, 1.54) is 0 Å². The highest BCUT2D eigenvalue weighted by Gasteiger charge is 2.42. The van der Waals surface area contributed by atoms with Gasteiger partial charge in [-0.3, -0.25) is 14.5 Å². The third kappa shape index (κ3) is 6.09. The number of imide groups is 1. The van der Waals surface area contributed by atoms with Crippen molar-refractivity contribution >= 4 is 23.9 Å². The quantitative estimate of drug-likeness (QED) is 0.786. The molecular weight excluding hydrogens is 352 g/mol. The molecule has 1 fully saturated rings. The summed E-state index contributed by atoms with van der Waals surface area (Å²) in [7, 11) is 0. The highest BCUT2D eigenvalue weighted by Crippen LogP contribution is 2.22. The summed E-state index contributed by atoms with van der Waals surface area (Å²) in [4.78, 5) is 49.2. The Balaban J connectivity index is 1.86. The number of carbonyl (C=O) groups excluding carboxylic acids is 4. The van der Waals surface area contributed by atoms with Crippen molar-refractivity contribution in [1.29, 1.82) is 0 Å². The highest BCUT2D eigenvalue weighted by molar-refractivity contribution is 6.03. The number of esters is 1. The van der Waals surface area contributed by atoms with E-state index in [1.54, 1.807) is 32.9 Å². The molecule has 1 N–H and O–H groups in total. The molecule has 1 unspecified atom stereocenters. The first-order valence-electron chi connectivity index (χ1n) is 8.69. The van der Waals surface area contributed by atoms with E-state index in [4.69, 9.17) is 9.47 Å². The van der Waals surface area contributed by atoms with Crippen molar-refractivity contribution < 1.29 is 28.7 Å². The molecular formula is C19H24N2O6. The molecule has 1 aliphatic rings. The molecule has 2 rings (SSSR count). The Morgan fingerprint density at radius 3 is 2.48 bits per heavy atom. The summed E-state index contributed by atoms with van der Waals surface area (Å²) in [5.41, 5.74) is 0.0791. The monoisotopic (exact) mass is 376 g/mol. The topological polar surface area (TPSA) is 102 Å². The van der Waals surface area contributed by atoms with Crippen LogP contribution in [-0.4, -0.2) is 47.0 Å². The first-order valence-corrected chi connectivity index (χ1v) is 8.69. The fourth-order valence-corrected chi connectivity index (χ4v) is 2.60. The van der Waals surface area contributed by atoms with Crippen LogP contribution in [0.2, 0.25) is 0 Å². The first-order chi connectivity index (χ1) is 12.7. The van der Waals surface area contributed by atoms with Crippen LogP contribution >= 0.6 is 0 Å². The van der Waals surface area contributed by atoms with Gasteiger partial charge in [-0.15, -0.1) is 0 Å². The number of rotatable bonds is 5. The zero-order valence-corrected chi connectivity index (χ0v) is 15.7. The number of ether oxygens (including phenoxy) is 2. The molecule has 27 heavy (non-hydrogen) atoms. The van der Waals surface area contributed by atoms with Gasteiger partial charge >= 0.3 is 12.1 Å². The number of alkyl carbamates (subject to hydrolysis) is 1. The molecule has 0 aliphatic carbocycles. The Morgan fingerprint density at radius 1 is 1.19 bits per heavy atom. The maximum atomic E-state index is 12.3. The van der Waals surface area contributed by atoms with E-state index in [2.05, 4.69) is 5.32 Å². The van der Waals surface area contributed by atoms with Gasteiger partial charge in [0.15, 0.2) is 0 Å². The predicted octanol–water partition coefficient (Wildman–Crippen LogP) is 1.77. The van der Waals surface area contributed by atoms with Gasteiger partial charge in [-0.25, -0.2) is 9.59 Å². The fraction of sp³-hybridized carbons (Fsp3) is 0.474. The van der Waals surface area contributed by atoms with Crippen molar-refractivity contribution in [2.45, 2.75) is 51.9 Å². The Hall–Kier alpha value is -2.90. The summed E-state index contributed by atoms with van der Waals surface area (Å²) >= 11 is 0. The van der Waals surface area contributed by atoms with Crippen molar-refractivity contribution in [3.63, 3.8) is 0 Å². The van der Waals surface area contributed by atoms with Crippen LogP contribution in [0.25, 0.3) is 0 Å². The van der Waals surface area contributed by atoms with Crippen LogP contribution in [0.1, 0.15) is 39.2 Å². The van der Waals surface area contributed by atoms with Crippen molar-refractivity contribution in [3.8, 4) is 0 Å². The van der Waals surface area contributed by atoms with Crippen LogP contribution in [0.4, 0.5) is 4.79 Å². The van der Waals surface area contributed by atoms with Crippen LogP contribution in [-0.2, 0) is 30.5 Å². The smallest absolute Gasteiger partial charge is 0.407 e. The van der Waals surface area contributed by atoms with Gasteiger partial charge < -0.3 is 14.8 Å². The minimum absolute atomic E-state index is 0.0596. The third-order valence-corrected chi connectivity index (χ3v) is 3.76. The number of amides is 3. The minimum atomic E-state index is -0.966. The van der Waals surface area contributed by atoms with Crippen molar-refractivity contribution in [3.05, 3.63) is 35.9 Å². The zero-order chi connectivity index (χ0) is 20.0. The summed E-state index contributed by atoms with van der Waals surface area (Å²) in [6, 6.07) is 8.10. The molecule has 1 saturated heterocycles. The number of carbonyl (C=O) groups is 4. The second kappa shape index (κ2) is 8.66. The van der Waals surface area contributed by atoms with Crippen molar-refractivity contribution in [2.75, 3.05) is 6.54 Å². The Kier molecular flexibility index (Phi) is 6.55. The number of likely N-dealkylation sites (tertiary alicyclic amines) is 1. The SMILES string of the molecule is CC(C)(C)OC(=O)C1CCC(=O)N1C(=O)CNC(=O)OCc1ccccc1. The van der Waals surface area contributed by atoms with E-state index in [-0.39, 0.29) is 19.4 Å². The molecule has 1 heterocycles. The van der Waals surface area contributed by atoms with E-state index < -0.39 is 42.1 Å². The van der Waals surface area contributed by atoms with Gasteiger partial charge in [-0.1, -0.05) is 30.3 Å². The molecule has 0 saturated carbocycles. The molecule has 0 radical (unpaired) electrons. The molecule has 8 nitrogen and oxygen atoms in total. The molecule has 0 bridgehead atoms. The zero-order valence-electron chi connectivity index (χ0n) is 15.7. The summed E-state index contributed by atoms with van der Waals surface area (Å²) in [5.74, 6) is -1.77. The first kappa shape index (κ1) is 20.4. The largest absolute Gasteiger partial charge is 0.458 e. The predicted molar refractivity (Wildman–Crippen MR) is 95.3 cm³/mol.